The van der Waals surface area contributed by atoms with Gasteiger partial charge in [0.2, 0.25) is 0 Å². The van der Waals surface area contributed by atoms with Crippen molar-refractivity contribution in [2.45, 2.75) is 87.8 Å². The second-order valence-electron chi connectivity index (χ2n) is 8.00. The minimum absolute atomic E-state index is 0.0353. The van der Waals surface area contributed by atoms with Gasteiger partial charge in [0.1, 0.15) is 0 Å². The first kappa shape index (κ1) is 13.7. The Morgan fingerprint density at radius 1 is 1.00 bits per heavy atom. The Kier molecular flexibility index (Phi) is 2.54. The van der Waals surface area contributed by atoms with Crippen LogP contribution in [-0.2, 0) is 9.47 Å². The van der Waals surface area contributed by atoms with Crippen molar-refractivity contribution in [2.24, 2.45) is 0 Å². The SMILES string of the molecule is CC12CC3(C)PC(C)(CC(C)(O1)P3C(C)(C)C)O2. The Labute approximate surface area is 114 Å². The van der Waals surface area contributed by atoms with Gasteiger partial charge >= 0.3 is 0 Å². The molecule has 0 N–H and O–H groups in total. The first-order valence-electron chi connectivity index (χ1n) is 6.90. The van der Waals surface area contributed by atoms with Crippen molar-refractivity contribution >= 4 is 16.5 Å². The summed E-state index contributed by atoms with van der Waals surface area (Å²) in [5, 5.41) is 0.443. The first-order valence-corrected chi connectivity index (χ1v) is 9.24. The summed E-state index contributed by atoms with van der Waals surface area (Å²) in [7, 11) is 0.753. The highest BCUT2D eigenvalue weighted by molar-refractivity contribution is 7.73. The topological polar surface area (TPSA) is 18.5 Å². The predicted molar refractivity (Wildman–Crippen MR) is 80.0 cm³/mol. The van der Waals surface area contributed by atoms with Crippen LogP contribution in [0.25, 0.3) is 0 Å². The highest BCUT2D eigenvalue weighted by atomic mass is 31.2. The largest absolute Gasteiger partial charge is 0.340 e. The Morgan fingerprint density at radius 3 is 2.06 bits per heavy atom. The highest BCUT2D eigenvalue weighted by Crippen LogP contribution is 2.86. The molecule has 4 rings (SSSR count). The van der Waals surface area contributed by atoms with Crippen LogP contribution in [0.3, 0.4) is 0 Å². The molecule has 6 unspecified atom stereocenters. The normalized spacial score (nSPS) is 60.5. The third kappa shape index (κ3) is 1.76. The molecule has 0 amide bonds. The minimum atomic E-state index is -0.341. The molecule has 0 aromatic heterocycles. The maximum absolute atomic E-state index is 6.48. The average Bonchev–Trinajstić information content (AvgIpc) is 1.85. The fourth-order valence-electron chi connectivity index (χ4n) is 5.27. The molecule has 4 fully saturated rings. The molecule has 4 aliphatic heterocycles. The van der Waals surface area contributed by atoms with Crippen molar-refractivity contribution < 1.29 is 9.47 Å². The van der Waals surface area contributed by atoms with E-state index in [0.717, 1.165) is 21.4 Å². The summed E-state index contributed by atoms with van der Waals surface area (Å²) >= 11 is 0. The highest BCUT2D eigenvalue weighted by Gasteiger charge is 2.71. The van der Waals surface area contributed by atoms with Gasteiger partial charge in [-0.2, -0.15) is 0 Å². The number of hydrogen-bond acceptors (Lipinski definition) is 2. The van der Waals surface area contributed by atoms with Crippen LogP contribution in [0.1, 0.15) is 61.3 Å². The lowest BCUT2D eigenvalue weighted by molar-refractivity contribution is -0.340. The summed E-state index contributed by atoms with van der Waals surface area (Å²) in [6.45, 7) is 16.5. The van der Waals surface area contributed by atoms with Crippen molar-refractivity contribution in [3.8, 4) is 0 Å². The molecule has 0 aromatic carbocycles. The lowest BCUT2D eigenvalue weighted by atomic mass is 10.0. The van der Waals surface area contributed by atoms with Crippen molar-refractivity contribution in [2.75, 3.05) is 0 Å². The first-order chi connectivity index (χ1) is 7.90. The molecular formula is C14H26O2P2. The molecule has 4 bridgehead atoms. The van der Waals surface area contributed by atoms with Gasteiger partial charge in [0.15, 0.2) is 5.79 Å². The van der Waals surface area contributed by atoms with E-state index in [9.17, 15) is 0 Å². The van der Waals surface area contributed by atoms with E-state index in [-0.39, 0.29) is 24.4 Å². The van der Waals surface area contributed by atoms with Crippen molar-refractivity contribution in [3.05, 3.63) is 0 Å². The summed E-state index contributed by atoms with van der Waals surface area (Å²) in [4.78, 5) is 0.431. The van der Waals surface area contributed by atoms with Crippen LogP contribution in [0.15, 0.2) is 0 Å². The van der Waals surface area contributed by atoms with E-state index in [0.29, 0.717) is 10.1 Å². The summed E-state index contributed by atoms with van der Waals surface area (Å²) in [6.07, 6.45) is 2.15. The monoisotopic (exact) mass is 288 g/mol. The molecule has 18 heavy (non-hydrogen) atoms. The quantitative estimate of drug-likeness (QED) is 0.603. The summed E-state index contributed by atoms with van der Waals surface area (Å²) in [5.41, 5.74) is 0. The van der Waals surface area contributed by atoms with Gasteiger partial charge in [0.05, 0.1) is 10.7 Å². The van der Waals surface area contributed by atoms with E-state index in [2.05, 4.69) is 48.5 Å². The Morgan fingerprint density at radius 2 is 1.61 bits per heavy atom. The molecule has 4 aliphatic rings. The Bertz CT molecular complexity index is 357. The zero-order valence-corrected chi connectivity index (χ0v) is 14.6. The Balaban J connectivity index is 2.13. The fourth-order valence-corrected chi connectivity index (χ4v) is 15.7. The van der Waals surface area contributed by atoms with Gasteiger partial charge in [-0.1, -0.05) is 44.2 Å². The summed E-state index contributed by atoms with van der Waals surface area (Å²) < 4.78 is 12.8. The van der Waals surface area contributed by atoms with E-state index in [4.69, 9.17) is 9.47 Å². The predicted octanol–water partition coefficient (Wildman–Crippen LogP) is 4.66. The van der Waals surface area contributed by atoms with Crippen LogP contribution < -0.4 is 0 Å². The molecule has 0 spiro atoms. The van der Waals surface area contributed by atoms with E-state index in [1.807, 2.05) is 0 Å². The lowest BCUT2D eigenvalue weighted by Crippen LogP contribution is -2.68. The van der Waals surface area contributed by atoms with Crippen molar-refractivity contribution in [3.63, 3.8) is 0 Å². The van der Waals surface area contributed by atoms with E-state index < -0.39 is 0 Å². The number of hydrogen-bond donors (Lipinski definition) is 0. The molecule has 4 saturated heterocycles. The third-order valence-corrected chi connectivity index (χ3v) is 10.6. The second-order valence-corrected chi connectivity index (χ2v) is 14.8. The van der Waals surface area contributed by atoms with Crippen LogP contribution in [-0.4, -0.2) is 26.5 Å². The van der Waals surface area contributed by atoms with Gasteiger partial charge in [-0.3, -0.25) is 0 Å². The standard InChI is InChI=1S/C14H26O2P2/c1-10(2,3)18-13(6)9-12(5)15-11(4,16-13)8-14(18,7)17-12/h17H,8-9H2,1-7H3. The molecule has 0 saturated carbocycles. The molecule has 0 aromatic rings. The molecule has 0 aliphatic carbocycles. The zero-order chi connectivity index (χ0) is 13.6. The van der Waals surface area contributed by atoms with Gasteiger partial charge in [0.25, 0.3) is 0 Å². The van der Waals surface area contributed by atoms with Gasteiger partial charge in [-0.15, -0.1) is 0 Å². The van der Waals surface area contributed by atoms with Gasteiger partial charge in [-0.05, 0) is 25.9 Å². The lowest BCUT2D eigenvalue weighted by Gasteiger charge is -2.72. The average molecular weight is 288 g/mol. The molecule has 6 atom stereocenters. The van der Waals surface area contributed by atoms with Crippen LogP contribution >= 0.6 is 16.5 Å². The smallest absolute Gasteiger partial charge is 0.169 e. The fraction of sp³-hybridized carbons (Fsp3) is 1.00. The van der Waals surface area contributed by atoms with Crippen LogP contribution in [0.2, 0.25) is 0 Å². The number of ether oxygens (including phenoxy) is 2. The molecule has 4 heterocycles. The zero-order valence-electron chi connectivity index (χ0n) is 12.7. The van der Waals surface area contributed by atoms with Crippen molar-refractivity contribution in [1.82, 2.24) is 0 Å². The summed E-state index contributed by atoms with van der Waals surface area (Å²) in [5.74, 6) is -0.341. The molecule has 4 heteroatoms. The molecule has 2 nitrogen and oxygen atoms in total. The van der Waals surface area contributed by atoms with Gasteiger partial charge in [0, 0.05) is 17.7 Å². The van der Waals surface area contributed by atoms with Gasteiger partial charge < -0.3 is 9.47 Å². The minimum Gasteiger partial charge on any atom is -0.340 e. The molecular weight excluding hydrogens is 262 g/mol. The van der Waals surface area contributed by atoms with Crippen molar-refractivity contribution in [1.29, 1.82) is 0 Å². The number of rotatable bonds is 0. The Hall–Kier alpha value is 0.780. The maximum atomic E-state index is 6.48. The van der Waals surface area contributed by atoms with Crippen LogP contribution in [0.5, 0.6) is 0 Å². The van der Waals surface area contributed by atoms with Crippen LogP contribution in [0.4, 0.5) is 0 Å². The van der Waals surface area contributed by atoms with E-state index >= 15 is 0 Å². The third-order valence-electron chi connectivity index (χ3n) is 4.38. The molecule has 104 valence electrons. The van der Waals surface area contributed by atoms with Crippen LogP contribution in [0, 0.1) is 0 Å². The maximum Gasteiger partial charge on any atom is 0.169 e. The van der Waals surface area contributed by atoms with E-state index in [1.165, 1.54) is 0 Å². The summed E-state index contributed by atoms with van der Waals surface area (Å²) in [6, 6.07) is 0. The second kappa shape index (κ2) is 3.33. The van der Waals surface area contributed by atoms with Gasteiger partial charge in [-0.25, -0.2) is 0 Å². The van der Waals surface area contributed by atoms with E-state index in [1.54, 1.807) is 0 Å². The molecule has 0 radical (unpaired) electrons.